The van der Waals surface area contributed by atoms with Crippen LogP contribution in [0.25, 0.3) is 10.8 Å². The van der Waals surface area contributed by atoms with Crippen molar-refractivity contribution in [3.05, 3.63) is 72.1 Å². The van der Waals surface area contributed by atoms with Crippen LogP contribution in [0.15, 0.2) is 60.8 Å². The SMILES string of the molecule is COc1ccc2cc(C(C)C(=O)NCc3ccccn3)ccc2c1. The molecule has 1 unspecified atom stereocenters. The lowest BCUT2D eigenvalue weighted by Crippen LogP contribution is -2.27. The maximum atomic E-state index is 12.4. The van der Waals surface area contributed by atoms with Gasteiger partial charge in [-0.3, -0.25) is 9.78 Å². The van der Waals surface area contributed by atoms with Gasteiger partial charge in [-0.15, -0.1) is 0 Å². The predicted octanol–water partition coefficient (Wildman–Crippen LogP) is 3.66. The average Bonchev–Trinajstić information content (AvgIpc) is 2.65. The Bertz CT molecular complexity index is 847. The second-order valence-electron chi connectivity index (χ2n) is 5.73. The molecule has 4 heteroatoms. The van der Waals surface area contributed by atoms with E-state index < -0.39 is 0 Å². The molecule has 122 valence electrons. The predicted molar refractivity (Wildman–Crippen MR) is 95.0 cm³/mol. The third-order valence-electron chi connectivity index (χ3n) is 4.13. The number of hydrogen-bond acceptors (Lipinski definition) is 3. The van der Waals surface area contributed by atoms with Crippen molar-refractivity contribution in [3.8, 4) is 5.75 Å². The van der Waals surface area contributed by atoms with E-state index in [0.717, 1.165) is 27.8 Å². The van der Waals surface area contributed by atoms with Crippen molar-refractivity contribution in [1.29, 1.82) is 0 Å². The highest BCUT2D eigenvalue weighted by molar-refractivity contribution is 5.88. The molecule has 0 spiro atoms. The summed E-state index contributed by atoms with van der Waals surface area (Å²) in [6.07, 6.45) is 1.72. The molecule has 0 aliphatic carbocycles. The van der Waals surface area contributed by atoms with Gasteiger partial charge in [0.2, 0.25) is 5.91 Å². The van der Waals surface area contributed by atoms with Gasteiger partial charge in [0.1, 0.15) is 5.75 Å². The summed E-state index contributed by atoms with van der Waals surface area (Å²) >= 11 is 0. The number of carbonyl (C=O) groups is 1. The number of ether oxygens (including phenoxy) is 1. The lowest BCUT2D eigenvalue weighted by atomic mass is 9.97. The molecule has 1 amide bonds. The summed E-state index contributed by atoms with van der Waals surface area (Å²) in [5.41, 5.74) is 1.84. The van der Waals surface area contributed by atoms with Gasteiger partial charge in [0.15, 0.2) is 0 Å². The minimum absolute atomic E-state index is 0.00600. The molecule has 2 aromatic carbocycles. The Balaban J connectivity index is 1.72. The Morgan fingerprint density at radius 3 is 2.67 bits per heavy atom. The Labute approximate surface area is 141 Å². The Hall–Kier alpha value is -2.88. The number of hydrogen-bond donors (Lipinski definition) is 1. The van der Waals surface area contributed by atoms with Gasteiger partial charge in [0.25, 0.3) is 0 Å². The third-order valence-corrected chi connectivity index (χ3v) is 4.13. The van der Waals surface area contributed by atoms with Crippen molar-refractivity contribution in [1.82, 2.24) is 10.3 Å². The molecule has 24 heavy (non-hydrogen) atoms. The van der Waals surface area contributed by atoms with E-state index in [-0.39, 0.29) is 11.8 Å². The molecule has 4 nitrogen and oxygen atoms in total. The van der Waals surface area contributed by atoms with Crippen molar-refractivity contribution < 1.29 is 9.53 Å². The maximum Gasteiger partial charge on any atom is 0.227 e. The summed E-state index contributed by atoms with van der Waals surface area (Å²) in [5.74, 6) is 0.602. The number of carbonyl (C=O) groups excluding carboxylic acids is 1. The molecule has 3 rings (SSSR count). The Morgan fingerprint density at radius 2 is 1.92 bits per heavy atom. The summed E-state index contributed by atoms with van der Waals surface area (Å²) in [4.78, 5) is 16.6. The topological polar surface area (TPSA) is 51.2 Å². The van der Waals surface area contributed by atoms with Crippen molar-refractivity contribution in [2.45, 2.75) is 19.4 Å². The molecule has 0 aliphatic rings. The highest BCUT2D eigenvalue weighted by atomic mass is 16.5. The monoisotopic (exact) mass is 320 g/mol. The standard InChI is InChI=1S/C20H20N2O2/c1-14(20(23)22-13-18-5-3-4-10-21-18)15-6-7-17-12-19(24-2)9-8-16(17)11-15/h3-12,14H,13H2,1-2H3,(H,22,23). The fraction of sp³-hybridized carbons (Fsp3) is 0.200. The summed E-state index contributed by atoms with van der Waals surface area (Å²) in [7, 11) is 1.66. The van der Waals surface area contributed by atoms with E-state index in [0.29, 0.717) is 6.54 Å². The maximum absolute atomic E-state index is 12.4. The van der Waals surface area contributed by atoms with Gasteiger partial charge in [-0.1, -0.05) is 30.3 Å². The van der Waals surface area contributed by atoms with E-state index in [4.69, 9.17) is 4.74 Å². The first-order chi connectivity index (χ1) is 11.7. The van der Waals surface area contributed by atoms with Crippen molar-refractivity contribution in [3.63, 3.8) is 0 Å². The van der Waals surface area contributed by atoms with E-state index in [2.05, 4.69) is 16.4 Å². The van der Waals surface area contributed by atoms with Gasteiger partial charge in [0, 0.05) is 6.20 Å². The zero-order valence-electron chi connectivity index (χ0n) is 13.8. The first kappa shape index (κ1) is 16.0. The van der Waals surface area contributed by atoms with Crippen molar-refractivity contribution in [2.24, 2.45) is 0 Å². The average molecular weight is 320 g/mol. The molecule has 1 atom stereocenters. The van der Waals surface area contributed by atoms with Crippen LogP contribution in [0.3, 0.4) is 0 Å². The molecule has 0 fully saturated rings. The minimum atomic E-state index is -0.222. The number of rotatable bonds is 5. The van der Waals surface area contributed by atoms with Gasteiger partial charge in [-0.05, 0) is 47.5 Å². The van der Waals surface area contributed by atoms with Crippen LogP contribution in [0, 0.1) is 0 Å². The number of amides is 1. The van der Waals surface area contributed by atoms with Gasteiger partial charge < -0.3 is 10.1 Å². The van der Waals surface area contributed by atoms with Gasteiger partial charge in [-0.2, -0.15) is 0 Å². The number of benzene rings is 2. The first-order valence-corrected chi connectivity index (χ1v) is 7.92. The molecule has 3 aromatic rings. The summed E-state index contributed by atoms with van der Waals surface area (Å²) in [6.45, 7) is 2.35. The normalized spacial score (nSPS) is 11.9. The van der Waals surface area contributed by atoms with Crippen LogP contribution >= 0.6 is 0 Å². The number of pyridine rings is 1. The van der Waals surface area contributed by atoms with E-state index in [1.54, 1.807) is 13.3 Å². The highest BCUT2D eigenvalue weighted by Crippen LogP contribution is 2.25. The molecule has 0 saturated heterocycles. The quantitative estimate of drug-likeness (QED) is 0.780. The third kappa shape index (κ3) is 3.54. The van der Waals surface area contributed by atoms with Crippen LogP contribution in [-0.4, -0.2) is 18.0 Å². The lowest BCUT2D eigenvalue weighted by molar-refractivity contribution is -0.122. The van der Waals surface area contributed by atoms with E-state index in [1.165, 1.54) is 0 Å². The minimum Gasteiger partial charge on any atom is -0.497 e. The Morgan fingerprint density at radius 1 is 1.12 bits per heavy atom. The van der Waals surface area contributed by atoms with Crippen LogP contribution < -0.4 is 10.1 Å². The second kappa shape index (κ2) is 7.13. The summed E-state index contributed by atoms with van der Waals surface area (Å²) < 4.78 is 5.24. The smallest absolute Gasteiger partial charge is 0.227 e. The van der Waals surface area contributed by atoms with Gasteiger partial charge >= 0.3 is 0 Å². The summed E-state index contributed by atoms with van der Waals surface area (Å²) in [5, 5.41) is 5.13. The number of aromatic nitrogens is 1. The zero-order chi connectivity index (χ0) is 16.9. The van der Waals surface area contributed by atoms with Gasteiger partial charge in [-0.25, -0.2) is 0 Å². The lowest BCUT2D eigenvalue weighted by Gasteiger charge is -2.13. The van der Waals surface area contributed by atoms with Crippen LogP contribution in [0.1, 0.15) is 24.1 Å². The van der Waals surface area contributed by atoms with Crippen molar-refractivity contribution >= 4 is 16.7 Å². The van der Waals surface area contributed by atoms with Gasteiger partial charge in [0.05, 0.1) is 25.3 Å². The number of fused-ring (bicyclic) bond motifs is 1. The molecular formula is C20H20N2O2. The molecule has 0 bridgehead atoms. The molecule has 0 radical (unpaired) electrons. The Kier molecular flexibility index (Phi) is 4.75. The van der Waals surface area contributed by atoms with E-state index in [9.17, 15) is 4.79 Å². The van der Waals surface area contributed by atoms with Crippen LogP contribution in [0.2, 0.25) is 0 Å². The van der Waals surface area contributed by atoms with Crippen LogP contribution in [-0.2, 0) is 11.3 Å². The van der Waals surface area contributed by atoms with Crippen LogP contribution in [0.4, 0.5) is 0 Å². The second-order valence-corrected chi connectivity index (χ2v) is 5.73. The summed E-state index contributed by atoms with van der Waals surface area (Å²) in [6, 6.07) is 17.7. The molecule has 0 aliphatic heterocycles. The number of nitrogens with one attached hydrogen (secondary N) is 1. The fourth-order valence-electron chi connectivity index (χ4n) is 2.62. The van der Waals surface area contributed by atoms with E-state index >= 15 is 0 Å². The molecule has 0 saturated carbocycles. The molecular weight excluding hydrogens is 300 g/mol. The molecule has 1 N–H and O–H groups in total. The van der Waals surface area contributed by atoms with Crippen molar-refractivity contribution in [2.75, 3.05) is 7.11 Å². The largest absolute Gasteiger partial charge is 0.497 e. The van der Waals surface area contributed by atoms with E-state index in [1.807, 2.05) is 55.5 Å². The zero-order valence-corrected chi connectivity index (χ0v) is 13.8. The highest BCUT2D eigenvalue weighted by Gasteiger charge is 2.15. The first-order valence-electron chi connectivity index (χ1n) is 7.92. The van der Waals surface area contributed by atoms with Crippen LogP contribution in [0.5, 0.6) is 5.75 Å². The number of nitrogens with zero attached hydrogens (tertiary/aromatic N) is 1. The fourth-order valence-corrected chi connectivity index (χ4v) is 2.62. The number of methoxy groups -OCH3 is 1. The molecule has 1 aromatic heterocycles. The molecule has 1 heterocycles.